The van der Waals surface area contributed by atoms with Crippen LogP contribution in [0.15, 0.2) is 48.7 Å². The zero-order valence-corrected chi connectivity index (χ0v) is 14.8. The summed E-state index contributed by atoms with van der Waals surface area (Å²) in [7, 11) is 1.62. The van der Waals surface area contributed by atoms with E-state index >= 15 is 0 Å². The number of aromatic amines is 1. The second kappa shape index (κ2) is 7.03. The maximum atomic E-state index is 12.7. The van der Waals surface area contributed by atoms with Crippen LogP contribution in [0.5, 0.6) is 11.5 Å². The van der Waals surface area contributed by atoms with Gasteiger partial charge in [-0.3, -0.25) is 9.59 Å². The molecule has 0 radical (unpaired) electrons. The predicted molar refractivity (Wildman–Crippen MR) is 99.7 cm³/mol. The van der Waals surface area contributed by atoms with Crippen LogP contribution in [0.3, 0.4) is 0 Å². The number of nitrogens with zero attached hydrogens (tertiary/aromatic N) is 1. The number of fused-ring (bicyclic) bond motifs is 2. The Hall–Kier alpha value is -3.48. The Balaban J connectivity index is 1.35. The first-order valence-corrected chi connectivity index (χ1v) is 8.58. The summed E-state index contributed by atoms with van der Waals surface area (Å²) >= 11 is 0. The third-order valence-electron chi connectivity index (χ3n) is 4.47. The molecule has 2 heterocycles. The fourth-order valence-electron chi connectivity index (χ4n) is 3.05. The quantitative estimate of drug-likeness (QED) is 0.727. The molecule has 0 bridgehead atoms. The number of H-pyrrole nitrogens is 1. The second-order valence-corrected chi connectivity index (χ2v) is 6.37. The smallest absolute Gasteiger partial charge is 0.256 e. The molecule has 0 atom stereocenters. The Morgan fingerprint density at radius 2 is 1.96 bits per heavy atom. The van der Waals surface area contributed by atoms with E-state index in [0.717, 1.165) is 16.5 Å². The maximum absolute atomic E-state index is 12.7. The van der Waals surface area contributed by atoms with Crippen molar-refractivity contribution in [2.75, 3.05) is 20.4 Å². The van der Waals surface area contributed by atoms with Gasteiger partial charge in [-0.15, -0.1) is 0 Å². The number of benzene rings is 2. The standard InChI is InChI=1S/C20H19N3O4/c1-23(20(25)15-10-21-16-5-3-2-4-14(15)16)11-19(24)22-9-13-6-7-17-18(8-13)27-12-26-17/h2-8,10,21H,9,11-12H2,1H3,(H,22,24). The lowest BCUT2D eigenvalue weighted by atomic mass is 10.1. The monoisotopic (exact) mass is 365 g/mol. The summed E-state index contributed by atoms with van der Waals surface area (Å²) in [5.41, 5.74) is 2.34. The number of amides is 2. The van der Waals surface area contributed by atoms with E-state index in [1.807, 2.05) is 42.5 Å². The van der Waals surface area contributed by atoms with Gasteiger partial charge in [-0.2, -0.15) is 0 Å². The minimum Gasteiger partial charge on any atom is -0.454 e. The topological polar surface area (TPSA) is 83.7 Å². The van der Waals surface area contributed by atoms with Crippen molar-refractivity contribution in [2.45, 2.75) is 6.54 Å². The molecule has 7 nitrogen and oxygen atoms in total. The highest BCUT2D eigenvalue weighted by molar-refractivity contribution is 6.07. The van der Waals surface area contributed by atoms with Crippen LogP contribution >= 0.6 is 0 Å². The summed E-state index contributed by atoms with van der Waals surface area (Å²) in [6.07, 6.45) is 1.67. The molecule has 2 amide bonds. The number of likely N-dealkylation sites (N-methyl/N-ethyl adjacent to an activating group) is 1. The molecule has 1 aliphatic heterocycles. The van der Waals surface area contributed by atoms with Gasteiger partial charge < -0.3 is 24.7 Å². The highest BCUT2D eigenvalue weighted by atomic mass is 16.7. The lowest BCUT2D eigenvalue weighted by Gasteiger charge is -2.16. The molecule has 1 aromatic heterocycles. The van der Waals surface area contributed by atoms with Crippen molar-refractivity contribution in [1.82, 2.24) is 15.2 Å². The van der Waals surface area contributed by atoms with Crippen molar-refractivity contribution in [2.24, 2.45) is 0 Å². The Morgan fingerprint density at radius 3 is 2.85 bits per heavy atom. The van der Waals surface area contributed by atoms with Gasteiger partial charge in [0, 0.05) is 30.7 Å². The van der Waals surface area contributed by atoms with Gasteiger partial charge in [-0.05, 0) is 23.8 Å². The summed E-state index contributed by atoms with van der Waals surface area (Å²) in [5, 5.41) is 3.66. The van der Waals surface area contributed by atoms with Gasteiger partial charge in [0.25, 0.3) is 5.91 Å². The minimum absolute atomic E-state index is 0.0249. The lowest BCUT2D eigenvalue weighted by molar-refractivity contribution is -0.121. The molecule has 138 valence electrons. The number of hydrogen-bond donors (Lipinski definition) is 2. The number of hydrogen-bond acceptors (Lipinski definition) is 4. The summed E-state index contributed by atoms with van der Waals surface area (Å²) in [6.45, 7) is 0.541. The van der Waals surface area contributed by atoms with Crippen LogP contribution < -0.4 is 14.8 Å². The number of carbonyl (C=O) groups excluding carboxylic acids is 2. The maximum Gasteiger partial charge on any atom is 0.256 e. The van der Waals surface area contributed by atoms with Crippen LogP contribution in [-0.4, -0.2) is 42.1 Å². The molecule has 27 heavy (non-hydrogen) atoms. The number of aromatic nitrogens is 1. The molecule has 0 spiro atoms. The third-order valence-corrected chi connectivity index (χ3v) is 4.47. The van der Waals surface area contributed by atoms with E-state index in [4.69, 9.17) is 9.47 Å². The molecular formula is C20H19N3O4. The SMILES string of the molecule is CN(CC(=O)NCc1ccc2c(c1)OCO2)C(=O)c1c[nH]c2ccccc12. The lowest BCUT2D eigenvalue weighted by Crippen LogP contribution is -2.38. The Labute approximate surface area is 155 Å². The van der Waals surface area contributed by atoms with Gasteiger partial charge in [0.2, 0.25) is 12.7 Å². The van der Waals surface area contributed by atoms with Crippen LogP contribution in [0.1, 0.15) is 15.9 Å². The fraction of sp³-hybridized carbons (Fsp3) is 0.200. The molecule has 1 aliphatic rings. The zero-order valence-electron chi connectivity index (χ0n) is 14.8. The Bertz CT molecular complexity index is 1010. The van der Waals surface area contributed by atoms with Gasteiger partial charge >= 0.3 is 0 Å². The molecule has 2 N–H and O–H groups in total. The summed E-state index contributed by atoms with van der Waals surface area (Å²) in [4.78, 5) is 29.4. The van der Waals surface area contributed by atoms with Crippen LogP contribution in [-0.2, 0) is 11.3 Å². The summed E-state index contributed by atoms with van der Waals surface area (Å²) < 4.78 is 10.6. The molecule has 0 aliphatic carbocycles. The van der Waals surface area contributed by atoms with Crippen LogP contribution in [0.4, 0.5) is 0 Å². The molecule has 0 fully saturated rings. The zero-order chi connectivity index (χ0) is 18.8. The number of ether oxygens (including phenoxy) is 2. The van der Waals surface area contributed by atoms with Crippen molar-refractivity contribution < 1.29 is 19.1 Å². The number of rotatable bonds is 5. The second-order valence-electron chi connectivity index (χ2n) is 6.37. The molecule has 0 saturated carbocycles. The normalized spacial score (nSPS) is 12.2. The van der Waals surface area contributed by atoms with Crippen molar-refractivity contribution in [3.63, 3.8) is 0 Å². The van der Waals surface area contributed by atoms with Gasteiger partial charge in [-0.25, -0.2) is 0 Å². The van der Waals surface area contributed by atoms with Crippen LogP contribution in [0, 0.1) is 0 Å². The molecule has 3 aromatic rings. The largest absolute Gasteiger partial charge is 0.454 e. The van der Waals surface area contributed by atoms with Crippen molar-refractivity contribution in [3.05, 3.63) is 59.8 Å². The van der Waals surface area contributed by atoms with E-state index in [1.165, 1.54) is 4.90 Å². The molecule has 0 saturated heterocycles. The molecule has 7 heteroatoms. The number of nitrogens with one attached hydrogen (secondary N) is 2. The van der Waals surface area contributed by atoms with Crippen molar-refractivity contribution >= 4 is 22.7 Å². The van der Waals surface area contributed by atoms with E-state index < -0.39 is 0 Å². The fourth-order valence-corrected chi connectivity index (χ4v) is 3.05. The van der Waals surface area contributed by atoms with E-state index in [0.29, 0.717) is 23.6 Å². The minimum atomic E-state index is -0.233. The Morgan fingerprint density at radius 1 is 1.15 bits per heavy atom. The summed E-state index contributed by atoms with van der Waals surface area (Å²) in [6, 6.07) is 13.1. The van der Waals surface area contributed by atoms with Gasteiger partial charge in [0.05, 0.1) is 12.1 Å². The van der Waals surface area contributed by atoms with Gasteiger partial charge in [0.15, 0.2) is 11.5 Å². The molecule has 0 unspecified atom stereocenters. The van der Waals surface area contributed by atoms with E-state index in [-0.39, 0.29) is 25.2 Å². The number of para-hydroxylation sites is 1. The summed E-state index contributed by atoms with van der Waals surface area (Å²) in [5.74, 6) is 0.941. The average molecular weight is 365 g/mol. The Kier molecular flexibility index (Phi) is 4.42. The first-order valence-electron chi connectivity index (χ1n) is 8.58. The van der Waals surface area contributed by atoms with Crippen molar-refractivity contribution in [3.8, 4) is 11.5 Å². The van der Waals surface area contributed by atoms with Gasteiger partial charge in [-0.1, -0.05) is 24.3 Å². The van der Waals surface area contributed by atoms with Gasteiger partial charge in [0.1, 0.15) is 0 Å². The molecular weight excluding hydrogens is 346 g/mol. The van der Waals surface area contributed by atoms with E-state index in [2.05, 4.69) is 10.3 Å². The molecule has 4 rings (SSSR count). The predicted octanol–water partition coefficient (Wildman–Crippen LogP) is 2.28. The average Bonchev–Trinajstić information content (AvgIpc) is 3.32. The first kappa shape index (κ1) is 17.0. The number of carbonyl (C=O) groups is 2. The van der Waals surface area contributed by atoms with Crippen LogP contribution in [0.25, 0.3) is 10.9 Å². The first-order chi connectivity index (χ1) is 13.1. The van der Waals surface area contributed by atoms with Crippen LogP contribution in [0.2, 0.25) is 0 Å². The highest BCUT2D eigenvalue weighted by Gasteiger charge is 2.18. The van der Waals surface area contributed by atoms with Crippen molar-refractivity contribution in [1.29, 1.82) is 0 Å². The highest BCUT2D eigenvalue weighted by Crippen LogP contribution is 2.32. The van der Waals surface area contributed by atoms with E-state index in [9.17, 15) is 9.59 Å². The third kappa shape index (κ3) is 3.44. The molecule has 2 aromatic carbocycles. The van der Waals surface area contributed by atoms with E-state index in [1.54, 1.807) is 13.2 Å².